The van der Waals surface area contributed by atoms with Gasteiger partial charge in [-0.3, -0.25) is 0 Å². The van der Waals surface area contributed by atoms with Gasteiger partial charge in [-0.25, -0.2) is 9.80 Å². The molecule has 0 aromatic heterocycles. The normalized spacial score (nSPS) is 18.2. The first-order chi connectivity index (χ1) is 11.1. The van der Waals surface area contributed by atoms with E-state index in [2.05, 4.69) is 52.3 Å². The molecule has 126 valence electrons. The van der Waals surface area contributed by atoms with Crippen molar-refractivity contribution in [1.82, 2.24) is 10.4 Å². The molecular formula is C18H25BrN2O2. The minimum atomic E-state index is -0.226. The van der Waals surface area contributed by atoms with Crippen LogP contribution >= 0.6 is 15.9 Å². The van der Waals surface area contributed by atoms with E-state index in [0.29, 0.717) is 6.42 Å². The summed E-state index contributed by atoms with van der Waals surface area (Å²) in [5.74, 6) is -0.226. The number of hydrogen-bond donors (Lipinski definition) is 1. The van der Waals surface area contributed by atoms with Crippen LogP contribution in [0, 0.1) is 0 Å². The predicted octanol–water partition coefficient (Wildman–Crippen LogP) is 3.82. The summed E-state index contributed by atoms with van der Waals surface area (Å²) in [5.41, 5.74) is 6.36. The van der Waals surface area contributed by atoms with Crippen LogP contribution in [0.5, 0.6) is 0 Å². The Morgan fingerprint density at radius 2 is 2.00 bits per heavy atom. The van der Waals surface area contributed by atoms with Gasteiger partial charge in [-0.15, -0.1) is 0 Å². The fourth-order valence-electron chi connectivity index (χ4n) is 2.94. The van der Waals surface area contributed by atoms with E-state index in [1.165, 1.54) is 12.7 Å². The Labute approximate surface area is 147 Å². The molecule has 1 heterocycles. The molecule has 0 saturated carbocycles. The van der Waals surface area contributed by atoms with Crippen LogP contribution in [0.4, 0.5) is 0 Å². The number of carbonyl (C=O) groups excluding carboxylic acids is 1. The van der Waals surface area contributed by atoms with Crippen LogP contribution in [0.2, 0.25) is 0 Å². The number of benzene rings is 1. The van der Waals surface area contributed by atoms with Crippen molar-refractivity contribution in [3.63, 3.8) is 0 Å². The molecule has 0 saturated heterocycles. The van der Waals surface area contributed by atoms with Crippen molar-refractivity contribution in [3.05, 3.63) is 45.6 Å². The Balaban J connectivity index is 2.26. The van der Waals surface area contributed by atoms with Crippen LogP contribution in [0.25, 0.3) is 0 Å². The minimum Gasteiger partial charge on any atom is -0.466 e. The number of unbranched alkanes of at least 4 members (excludes halogenated alkanes) is 1. The standard InChI is InChI=1S/C18H25BrN2O2/c1-4-6-11-21-16(5-2)17(18(22)23-3)15(20-21)12-13-7-9-14(19)10-8-13/h7-10,16,20H,4-6,11-12H2,1-3H3. The third kappa shape index (κ3) is 4.36. The van der Waals surface area contributed by atoms with Crippen LogP contribution in [-0.2, 0) is 16.0 Å². The number of hydrazine groups is 1. The van der Waals surface area contributed by atoms with Gasteiger partial charge in [0.15, 0.2) is 0 Å². The van der Waals surface area contributed by atoms with Gasteiger partial charge in [0.1, 0.15) is 0 Å². The molecule has 0 fully saturated rings. The van der Waals surface area contributed by atoms with Crippen molar-refractivity contribution < 1.29 is 9.53 Å². The summed E-state index contributed by atoms with van der Waals surface area (Å²) >= 11 is 3.45. The summed E-state index contributed by atoms with van der Waals surface area (Å²) in [6.45, 7) is 5.21. The van der Waals surface area contributed by atoms with E-state index >= 15 is 0 Å². The molecule has 0 amide bonds. The van der Waals surface area contributed by atoms with Gasteiger partial charge < -0.3 is 10.2 Å². The van der Waals surface area contributed by atoms with E-state index in [0.717, 1.165) is 41.6 Å². The van der Waals surface area contributed by atoms with Crippen LogP contribution in [0.3, 0.4) is 0 Å². The maximum Gasteiger partial charge on any atom is 0.337 e. The lowest BCUT2D eigenvalue weighted by Crippen LogP contribution is -2.40. The van der Waals surface area contributed by atoms with Crippen molar-refractivity contribution in [2.75, 3.05) is 13.7 Å². The molecule has 0 radical (unpaired) electrons. The third-order valence-electron chi connectivity index (χ3n) is 4.15. The highest BCUT2D eigenvalue weighted by atomic mass is 79.9. The number of esters is 1. The molecule has 1 aromatic carbocycles. The average molecular weight is 381 g/mol. The molecule has 23 heavy (non-hydrogen) atoms. The van der Waals surface area contributed by atoms with Crippen molar-refractivity contribution in [2.24, 2.45) is 0 Å². The fraction of sp³-hybridized carbons (Fsp3) is 0.500. The monoisotopic (exact) mass is 380 g/mol. The maximum atomic E-state index is 12.3. The number of ether oxygens (including phenoxy) is 1. The second kappa shape index (κ2) is 8.50. The van der Waals surface area contributed by atoms with Gasteiger partial charge in [-0.2, -0.15) is 0 Å². The summed E-state index contributed by atoms with van der Waals surface area (Å²) in [5, 5.41) is 2.18. The number of halogens is 1. The van der Waals surface area contributed by atoms with Gasteiger partial charge >= 0.3 is 5.97 Å². The lowest BCUT2D eigenvalue weighted by molar-refractivity contribution is -0.136. The molecule has 2 rings (SSSR count). The maximum absolute atomic E-state index is 12.3. The molecule has 1 N–H and O–H groups in total. The highest BCUT2D eigenvalue weighted by Gasteiger charge is 2.35. The van der Waals surface area contributed by atoms with Gasteiger partial charge in [0.05, 0.1) is 18.7 Å². The number of carbonyl (C=O) groups is 1. The molecule has 1 aromatic rings. The number of nitrogens with zero attached hydrogens (tertiary/aromatic N) is 1. The van der Waals surface area contributed by atoms with Crippen molar-refractivity contribution >= 4 is 21.9 Å². The number of rotatable bonds is 7. The quantitative estimate of drug-likeness (QED) is 0.730. The second-order valence-corrected chi connectivity index (χ2v) is 6.69. The number of methoxy groups -OCH3 is 1. The lowest BCUT2D eigenvalue weighted by atomic mass is 10.00. The molecule has 0 bridgehead atoms. The highest BCUT2D eigenvalue weighted by molar-refractivity contribution is 9.10. The topological polar surface area (TPSA) is 41.6 Å². The number of allylic oxidation sites excluding steroid dienone is 1. The van der Waals surface area contributed by atoms with Gasteiger partial charge in [0.2, 0.25) is 0 Å². The Bertz CT molecular complexity index is 569. The minimum absolute atomic E-state index is 0.0828. The van der Waals surface area contributed by atoms with E-state index < -0.39 is 0 Å². The molecule has 5 heteroatoms. The number of hydrogen-bond acceptors (Lipinski definition) is 4. The molecular weight excluding hydrogens is 356 g/mol. The first kappa shape index (κ1) is 18.0. The Morgan fingerprint density at radius 1 is 1.30 bits per heavy atom. The van der Waals surface area contributed by atoms with Gasteiger partial charge in [0.25, 0.3) is 0 Å². The van der Waals surface area contributed by atoms with Crippen LogP contribution in [0.1, 0.15) is 38.7 Å². The molecule has 0 spiro atoms. The van der Waals surface area contributed by atoms with Crippen molar-refractivity contribution in [1.29, 1.82) is 0 Å². The summed E-state index contributed by atoms with van der Waals surface area (Å²) in [4.78, 5) is 12.3. The van der Waals surface area contributed by atoms with Crippen molar-refractivity contribution in [3.8, 4) is 0 Å². The molecule has 1 unspecified atom stereocenters. The summed E-state index contributed by atoms with van der Waals surface area (Å²) in [7, 11) is 1.45. The molecule has 0 aliphatic carbocycles. The Kier molecular flexibility index (Phi) is 6.66. The first-order valence-corrected chi connectivity index (χ1v) is 8.99. The van der Waals surface area contributed by atoms with Crippen molar-refractivity contribution in [2.45, 2.75) is 45.6 Å². The SMILES string of the molecule is CCCCN1NC(Cc2ccc(Br)cc2)=C(C(=O)OC)C1CC. The first-order valence-electron chi connectivity index (χ1n) is 8.19. The largest absolute Gasteiger partial charge is 0.466 e. The molecule has 1 aliphatic rings. The lowest BCUT2D eigenvalue weighted by Gasteiger charge is -2.25. The second-order valence-electron chi connectivity index (χ2n) is 5.77. The van der Waals surface area contributed by atoms with E-state index in [-0.39, 0.29) is 12.0 Å². The number of nitrogens with one attached hydrogen (secondary N) is 1. The van der Waals surface area contributed by atoms with E-state index in [1.807, 2.05) is 12.1 Å². The van der Waals surface area contributed by atoms with Gasteiger partial charge in [0, 0.05) is 23.1 Å². The predicted molar refractivity (Wildman–Crippen MR) is 95.7 cm³/mol. The molecule has 1 atom stereocenters. The van der Waals surface area contributed by atoms with Gasteiger partial charge in [-0.1, -0.05) is 48.3 Å². The highest BCUT2D eigenvalue weighted by Crippen LogP contribution is 2.27. The van der Waals surface area contributed by atoms with Crippen LogP contribution in [0.15, 0.2) is 40.0 Å². The van der Waals surface area contributed by atoms with Crippen LogP contribution < -0.4 is 5.43 Å². The van der Waals surface area contributed by atoms with E-state index in [4.69, 9.17) is 4.74 Å². The summed E-state index contributed by atoms with van der Waals surface area (Å²) in [6, 6.07) is 8.27. The Hall–Kier alpha value is -1.33. The smallest absolute Gasteiger partial charge is 0.337 e. The van der Waals surface area contributed by atoms with Gasteiger partial charge in [-0.05, 0) is 30.5 Å². The zero-order chi connectivity index (χ0) is 16.8. The average Bonchev–Trinajstić information content (AvgIpc) is 2.91. The fourth-order valence-corrected chi connectivity index (χ4v) is 3.21. The summed E-state index contributed by atoms with van der Waals surface area (Å²) < 4.78 is 6.09. The zero-order valence-electron chi connectivity index (χ0n) is 14.1. The molecule has 1 aliphatic heterocycles. The molecule has 4 nitrogen and oxygen atoms in total. The zero-order valence-corrected chi connectivity index (χ0v) is 15.6. The summed E-state index contributed by atoms with van der Waals surface area (Å²) in [6.07, 6.45) is 3.82. The van der Waals surface area contributed by atoms with E-state index in [1.54, 1.807) is 0 Å². The van der Waals surface area contributed by atoms with Crippen LogP contribution in [-0.4, -0.2) is 30.7 Å². The van der Waals surface area contributed by atoms with E-state index in [9.17, 15) is 4.79 Å². The Morgan fingerprint density at radius 3 is 2.57 bits per heavy atom. The third-order valence-corrected chi connectivity index (χ3v) is 4.68.